The third-order valence-corrected chi connectivity index (χ3v) is 9.72. The van der Waals surface area contributed by atoms with E-state index in [4.69, 9.17) is 4.84 Å². The smallest absolute Gasteiger partial charge is 0.274 e. The molecular weight excluding hydrogens is 629 g/mol. The average molecular weight is 661 g/mol. The van der Waals surface area contributed by atoms with Gasteiger partial charge in [0.1, 0.15) is 28.6 Å². The number of hydroxylamine groups is 2. The van der Waals surface area contributed by atoms with Crippen molar-refractivity contribution in [2.75, 3.05) is 13.1 Å². The zero-order valence-electron chi connectivity index (χ0n) is 25.8. The van der Waals surface area contributed by atoms with Crippen molar-refractivity contribution >= 4 is 28.5 Å². The molecule has 3 aliphatic rings. The lowest BCUT2D eigenvalue weighted by Crippen LogP contribution is -2.52. The van der Waals surface area contributed by atoms with Crippen molar-refractivity contribution in [3.8, 4) is 5.75 Å². The molecule has 1 aromatic heterocycles. The van der Waals surface area contributed by atoms with Crippen molar-refractivity contribution in [2.45, 2.75) is 56.8 Å². The average Bonchev–Trinajstić information content (AvgIpc) is 3.32. The van der Waals surface area contributed by atoms with Gasteiger partial charge >= 0.3 is 0 Å². The zero-order chi connectivity index (χ0) is 33.9. The number of pyridine rings is 1. The van der Waals surface area contributed by atoms with E-state index >= 15 is 0 Å². The molecule has 1 spiro atoms. The molecule has 2 saturated heterocycles. The lowest BCUT2D eigenvalue weighted by atomic mass is 9.85. The number of nitrogens with one attached hydrogen (secondary N) is 1. The van der Waals surface area contributed by atoms with E-state index in [2.05, 4.69) is 11.4 Å². The fourth-order valence-electron chi connectivity index (χ4n) is 7.07. The predicted octanol–water partition coefficient (Wildman–Crippen LogP) is 4.38. The molecule has 0 saturated carbocycles. The number of amides is 3. The number of carbonyl (C=O) groups is 3. The van der Waals surface area contributed by atoms with E-state index in [1.54, 1.807) is 0 Å². The number of benzene rings is 3. The molecule has 10 nitrogen and oxygen atoms in total. The lowest BCUT2D eigenvalue weighted by Gasteiger charge is -2.42. The molecular formula is C35H31F3N4O6. The van der Waals surface area contributed by atoms with E-state index in [0.29, 0.717) is 31.4 Å². The minimum atomic E-state index is -1.23. The summed E-state index contributed by atoms with van der Waals surface area (Å²) in [5, 5.41) is 16.8. The molecule has 2 bridgehead atoms. The van der Waals surface area contributed by atoms with Crippen LogP contribution in [0.2, 0.25) is 0 Å². The number of halogens is 3. The van der Waals surface area contributed by atoms with Crippen LogP contribution < -0.4 is 10.7 Å². The van der Waals surface area contributed by atoms with E-state index in [1.807, 2.05) is 43.3 Å². The monoisotopic (exact) mass is 660 g/mol. The first kappa shape index (κ1) is 31.4. The van der Waals surface area contributed by atoms with Crippen LogP contribution in [0.15, 0.2) is 65.6 Å². The Morgan fingerprint density at radius 1 is 1.04 bits per heavy atom. The van der Waals surface area contributed by atoms with Crippen LogP contribution >= 0.6 is 0 Å². The number of hydrogen-bond acceptors (Lipinski definition) is 6. The zero-order valence-corrected chi connectivity index (χ0v) is 25.8. The first-order valence-electron chi connectivity index (χ1n) is 15.6. The molecule has 0 aliphatic carbocycles. The Labute approximate surface area is 272 Å². The summed E-state index contributed by atoms with van der Waals surface area (Å²) in [6, 6.07) is 13.9. The van der Waals surface area contributed by atoms with Crippen LogP contribution in [-0.4, -0.2) is 62.1 Å². The molecule has 248 valence electrons. The fourth-order valence-corrected chi connectivity index (χ4v) is 7.07. The van der Waals surface area contributed by atoms with Crippen LogP contribution in [0.25, 0.3) is 10.8 Å². The summed E-state index contributed by atoms with van der Waals surface area (Å²) in [4.78, 5) is 61.5. The highest BCUT2D eigenvalue weighted by Crippen LogP contribution is 2.47. The van der Waals surface area contributed by atoms with Gasteiger partial charge < -0.3 is 19.9 Å². The fraction of sp³-hybridized carbons (Fsp3) is 0.314. The van der Waals surface area contributed by atoms with Crippen molar-refractivity contribution in [2.24, 2.45) is 0 Å². The Bertz CT molecular complexity index is 2050. The number of hydrogen-bond donors (Lipinski definition) is 2. The SMILES string of the molecule is C[C@H]1CC[C@]2(CC(=O)N(CCc3ccc4ccccc4c3)O2)[C@H]2CN1C(=O)c1c(O)c(=O)c(C(=O)NCc3c(F)cc(F)cc3F)cn12. The third kappa shape index (κ3) is 5.27. The first-order valence-corrected chi connectivity index (χ1v) is 15.6. The van der Waals surface area contributed by atoms with Crippen molar-refractivity contribution in [1.82, 2.24) is 19.8 Å². The van der Waals surface area contributed by atoms with Crippen LogP contribution in [0.3, 0.4) is 0 Å². The maximum absolute atomic E-state index is 14.2. The quantitative estimate of drug-likeness (QED) is 0.317. The Morgan fingerprint density at radius 2 is 1.77 bits per heavy atom. The van der Waals surface area contributed by atoms with Gasteiger partial charge in [-0.15, -0.1) is 0 Å². The van der Waals surface area contributed by atoms with Gasteiger partial charge in [-0.3, -0.25) is 24.0 Å². The Hall–Kier alpha value is -5.17. The summed E-state index contributed by atoms with van der Waals surface area (Å²) in [7, 11) is 0. The third-order valence-electron chi connectivity index (χ3n) is 9.72. The number of rotatable bonds is 6. The highest BCUT2D eigenvalue weighted by atomic mass is 19.1. The molecule has 3 aromatic carbocycles. The predicted molar refractivity (Wildman–Crippen MR) is 166 cm³/mol. The standard InChI is InChI=1S/C35H31F3N4O6/c1-19-8-10-35(15-29(43)42(48-35)11-9-20-6-7-21-4-2-3-5-22(21)12-20)28-18-40(19)34(47)30-32(45)31(44)25(17-41(28)30)33(46)39-16-24-26(37)13-23(36)14-27(24)38/h2-7,12-14,17,19,28,45H,8-11,15-16,18H2,1H3,(H,39,46)/t19-,28+,35-/m0/s1. The Kier molecular flexibility index (Phi) is 7.74. The lowest BCUT2D eigenvalue weighted by molar-refractivity contribution is -0.213. The molecule has 2 fully saturated rings. The number of nitrogens with zero attached hydrogens (tertiary/aromatic N) is 3. The molecule has 0 unspecified atom stereocenters. The van der Waals surface area contributed by atoms with Gasteiger partial charge in [-0.05, 0) is 42.5 Å². The molecule has 4 heterocycles. The van der Waals surface area contributed by atoms with Gasteiger partial charge in [0.15, 0.2) is 11.4 Å². The maximum Gasteiger partial charge on any atom is 0.274 e. The number of fused-ring (bicyclic) bond motifs is 6. The second kappa shape index (κ2) is 11.8. The normalized spacial score (nSPS) is 21.9. The molecule has 13 heteroatoms. The minimum Gasteiger partial charge on any atom is -0.503 e. The van der Waals surface area contributed by atoms with Crippen LogP contribution in [0.5, 0.6) is 5.75 Å². The van der Waals surface area contributed by atoms with Crippen LogP contribution in [-0.2, 0) is 22.6 Å². The second-order valence-electron chi connectivity index (χ2n) is 12.6. The van der Waals surface area contributed by atoms with E-state index in [0.717, 1.165) is 22.5 Å². The van der Waals surface area contributed by atoms with Gasteiger partial charge in [0, 0.05) is 43.0 Å². The molecule has 2 N–H and O–H groups in total. The minimum absolute atomic E-state index is 0.0406. The van der Waals surface area contributed by atoms with E-state index in [-0.39, 0.29) is 37.2 Å². The van der Waals surface area contributed by atoms with Gasteiger partial charge in [0.05, 0.1) is 19.0 Å². The number of aromatic nitrogens is 1. The van der Waals surface area contributed by atoms with Gasteiger partial charge in [-0.2, -0.15) is 0 Å². The van der Waals surface area contributed by atoms with Crippen LogP contribution in [0.1, 0.15) is 64.2 Å². The van der Waals surface area contributed by atoms with Crippen molar-refractivity contribution in [3.05, 3.63) is 111 Å². The van der Waals surface area contributed by atoms with Gasteiger partial charge in [0.2, 0.25) is 11.3 Å². The molecule has 48 heavy (non-hydrogen) atoms. The first-order chi connectivity index (χ1) is 23.0. The second-order valence-corrected chi connectivity index (χ2v) is 12.6. The van der Waals surface area contributed by atoms with E-state index < -0.39 is 69.8 Å². The molecule has 3 aliphatic heterocycles. The summed E-state index contributed by atoms with van der Waals surface area (Å²) in [6.45, 7) is 1.45. The summed E-state index contributed by atoms with van der Waals surface area (Å²) in [6.07, 6.45) is 2.42. The Morgan fingerprint density at radius 3 is 2.52 bits per heavy atom. The number of aromatic hydroxyl groups is 1. The summed E-state index contributed by atoms with van der Waals surface area (Å²) < 4.78 is 43.1. The van der Waals surface area contributed by atoms with Gasteiger partial charge in [-0.1, -0.05) is 42.5 Å². The summed E-state index contributed by atoms with van der Waals surface area (Å²) in [5.74, 6) is -6.53. The number of carbonyl (C=O) groups excluding carboxylic acids is 3. The molecule has 3 amide bonds. The van der Waals surface area contributed by atoms with Gasteiger partial charge in [-0.25, -0.2) is 18.2 Å². The summed E-state index contributed by atoms with van der Waals surface area (Å²) >= 11 is 0. The molecule has 4 aromatic rings. The molecule has 7 rings (SSSR count). The van der Waals surface area contributed by atoms with Crippen molar-refractivity contribution in [3.63, 3.8) is 0 Å². The topological polar surface area (TPSA) is 121 Å². The highest BCUT2D eigenvalue weighted by molar-refractivity contribution is 5.99. The van der Waals surface area contributed by atoms with Crippen LogP contribution in [0.4, 0.5) is 13.2 Å². The molecule has 0 radical (unpaired) electrons. The molecule has 3 atom stereocenters. The van der Waals surface area contributed by atoms with Gasteiger partial charge in [0.25, 0.3) is 11.8 Å². The largest absolute Gasteiger partial charge is 0.503 e. The van der Waals surface area contributed by atoms with Crippen LogP contribution in [0, 0.1) is 17.5 Å². The van der Waals surface area contributed by atoms with E-state index in [1.165, 1.54) is 14.5 Å². The summed E-state index contributed by atoms with van der Waals surface area (Å²) in [5.41, 5.74) is -2.88. The highest BCUT2D eigenvalue weighted by Gasteiger charge is 2.56. The van der Waals surface area contributed by atoms with Crippen molar-refractivity contribution < 1.29 is 37.5 Å². The maximum atomic E-state index is 14.2. The Balaban J connectivity index is 1.19. The van der Waals surface area contributed by atoms with Crippen molar-refractivity contribution in [1.29, 1.82) is 0 Å². The van der Waals surface area contributed by atoms with E-state index in [9.17, 15) is 37.5 Å².